The molecule has 9 atom stereocenters. The number of rotatable bonds is 13. The van der Waals surface area contributed by atoms with E-state index in [2.05, 4.69) is 0 Å². The Morgan fingerprint density at radius 1 is 0.681 bits per heavy atom. The maximum Gasteiger partial charge on any atom is 0.303 e. The van der Waals surface area contributed by atoms with Gasteiger partial charge in [-0.1, -0.05) is 60.7 Å². The monoisotopic (exact) mass is 660 g/mol. The summed E-state index contributed by atoms with van der Waals surface area (Å²) in [5.74, 6) is -2.99. The SMILES string of the molecule is CC(=O)OC[C@H]1O[C@@H](O[C@@H]2[C@@H](OCc3ccccc3)[C@H](O)OC[C@H]2OCc2ccccc2)[C@H](OC(C)=O)[C@@H](OC(C)=O)[C@@H]1OC(C)=O. The molecule has 14 nitrogen and oxygen atoms in total. The molecule has 2 aromatic rings. The van der Waals surface area contributed by atoms with Crippen molar-refractivity contribution in [1.82, 2.24) is 0 Å². The normalized spacial score (nSPS) is 28.9. The fourth-order valence-corrected chi connectivity index (χ4v) is 5.24. The van der Waals surface area contributed by atoms with E-state index in [1.807, 2.05) is 60.7 Å². The fraction of sp³-hybridized carbons (Fsp3) is 0.515. The molecule has 0 amide bonds. The lowest BCUT2D eigenvalue weighted by molar-refractivity contribution is -0.354. The molecule has 47 heavy (non-hydrogen) atoms. The molecule has 2 aromatic carbocycles. The highest BCUT2D eigenvalue weighted by atomic mass is 16.8. The van der Waals surface area contributed by atoms with Crippen molar-refractivity contribution in [2.45, 2.75) is 96.2 Å². The van der Waals surface area contributed by atoms with Gasteiger partial charge in [0.25, 0.3) is 0 Å². The summed E-state index contributed by atoms with van der Waals surface area (Å²) in [5.41, 5.74) is 1.66. The van der Waals surface area contributed by atoms with Gasteiger partial charge >= 0.3 is 23.9 Å². The van der Waals surface area contributed by atoms with Gasteiger partial charge in [-0.25, -0.2) is 0 Å². The molecule has 0 radical (unpaired) electrons. The Balaban J connectivity index is 1.70. The lowest BCUT2D eigenvalue weighted by atomic mass is 9.97. The molecule has 0 aromatic heterocycles. The van der Waals surface area contributed by atoms with E-state index in [4.69, 9.17) is 42.6 Å². The predicted octanol–water partition coefficient (Wildman–Crippen LogP) is 1.97. The Bertz CT molecular complexity index is 1320. The fourth-order valence-electron chi connectivity index (χ4n) is 5.24. The first kappa shape index (κ1) is 35.9. The lowest BCUT2D eigenvalue weighted by Gasteiger charge is -2.47. The quantitative estimate of drug-likeness (QED) is 0.244. The van der Waals surface area contributed by atoms with Gasteiger partial charge < -0.3 is 47.7 Å². The zero-order valence-corrected chi connectivity index (χ0v) is 26.6. The minimum absolute atomic E-state index is 0.0652. The second-order valence-corrected chi connectivity index (χ2v) is 11.0. The third-order valence-electron chi connectivity index (χ3n) is 7.23. The van der Waals surface area contributed by atoms with Crippen LogP contribution in [0.5, 0.6) is 0 Å². The van der Waals surface area contributed by atoms with E-state index in [0.717, 1.165) is 31.9 Å². The van der Waals surface area contributed by atoms with E-state index in [0.29, 0.717) is 0 Å². The number of ether oxygens (including phenoxy) is 9. The second kappa shape index (κ2) is 17.3. The van der Waals surface area contributed by atoms with Crippen LogP contribution in [0.3, 0.4) is 0 Å². The first-order valence-corrected chi connectivity index (χ1v) is 15.1. The van der Waals surface area contributed by atoms with Crippen molar-refractivity contribution < 1.29 is 66.9 Å². The third-order valence-corrected chi connectivity index (χ3v) is 7.23. The molecule has 0 spiro atoms. The highest BCUT2D eigenvalue weighted by Gasteiger charge is 2.55. The Hall–Kier alpha value is -3.92. The van der Waals surface area contributed by atoms with E-state index >= 15 is 0 Å². The molecule has 0 saturated carbocycles. The zero-order chi connectivity index (χ0) is 33.9. The summed E-state index contributed by atoms with van der Waals surface area (Å²) in [4.78, 5) is 48.5. The molecule has 14 heteroatoms. The van der Waals surface area contributed by atoms with Crippen LogP contribution in [-0.2, 0) is 75.0 Å². The minimum Gasteiger partial charge on any atom is -0.463 e. The van der Waals surface area contributed by atoms with Gasteiger partial charge in [0.2, 0.25) is 0 Å². The van der Waals surface area contributed by atoms with E-state index in [1.165, 1.54) is 6.92 Å². The number of carbonyl (C=O) groups excluding carboxylic acids is 4. The van der Waals surface area contributed by atoms with Gasteiger partial charge in [-0.3, -0.25) is 19.2 Å². The van der Waals surface area contributed by atoms with Crippen LogP contribution >= 0.6 is 0 Å². The average molecular weight is 661 g/mol. The van der Waals surface area contributed by atoms with Crippen LogP contribution in [-0.4, -0.2) is 97.5 Å². The summed E-state index contributed by atoms with van der Waals surface area (Å²) in [6, 6.07) is 18.5. The van der Waals surface area contributed by atoms with E-state index in [1.54, 1.807) is 0 Å². The largest absolute Gasteiger partial charge is 0.463 e. The van der Waals surface area contributed by atoms with Gasteiger partial charge in [0.1, 0.15) is 31.0 Å². The molecule has 0 bridgehead atoms. The molecule has 256 valence electrons. The van der Waals surface area contributed by atoms with Crippen molar-refractivity contribution in [3.63, 3.8) is 0 Å². The Morgan fingerprint density at radius 2 is 1.21 bits per heavy atom. The summed E-state index contributed by atoms with van der Waals surface area (Å²) < 4.78 is 52.3. The van der Waals surface area contributed by atoms with Crippen molar-refractivity contribution in [1.29, 1.82) is 0 Å². The van der Waals surface area contributed by atoms with Crippen molar-refractivity contribution in [3.05, 3.63) is 71.8 Å². The van der Waals surface area contributed by atoms with Crippen LogP contribution in [0.25, 0.3) is 0 Å². The highest BCUT2D eigenvalue weighted by molar-refractivity contribution is 5.68. The number of esters is 4. The Labute approximate surface area is 272 Å². The first-order chi connectivity index (χ1) is 22.5. The number of hydrogen-bond donors (Lipinski definition) is 1. The van der Waals surface area contributed by atoms with Gasteiger partial charge in [0.15, 0.2) is 30.9 Å². The summed E-state index contributed by atoms with van der Waals surface area (Å²) >= 11 is 0. The summed E-state index contributed by atoms with van der Waals surface area (Å²) in [6.07, 6.45) is -11.7. The average Bonchev–Trinajstić information content (AvgIpc) is 3.02. The molecule has 2 fully saturated rings. The summed E-state index contributed by atoms with van der Waals surface area (Å²) in [5, 5.41) is 11.0. The molecule has 2 aliphatic rings. The van der Waals surface area contributed by atoms with E-state index < -0.39 is 85.8 Å². The molecule has 0 aliphatic carbocycles. The van der Waals surface area contributed by atoms with E-state index in [9.17, 15) is 24.3 Å². The third kappa shape index (κ3) is 10.5. The number of aliphatic hydroxyl groups is 1. The second-order valence-electron chi connectivity index (χ2n) is 11.0. The van der Waals surface area contributed by atoms with Gasteiger partial charge in [-0.05, 0) is 11.1 Å². The minimum atomic E-state index is -1.53. The van der Waals surface area contributed by atoms with Gasteiger partial charge in [0.05, 0.1) is 19.8 Å². The topological polar surface area (TPSA) is 172 Å². The lowest BCUT2D eigenvalue weighted by Crippen LogP contribution is -2.65. The standard InChI is InChI=1S/C33H40O14/c1-19(34)39-18-26-28(43-20(2)35)29(44-21(3)36)31(45-22(4)37)33(46-26)47-27-25(40-15-23-11-7-5-8-12-23)17-42-32(38)30(27)41-16-24-13-9-6-10-14-24/h5-14,25-33,38H,15-18H2,1-4H3/t25-,26-,27+,28-,29+,30-,31-,32-,33+/m1/s1. The van der Waals surface area contributed by atoms with Crippen LogP contribution in [0.1, 0.15) is 38.8 Å². The van der Waals surface area contributed by atoms with Crippen molar-refractivity contribution in [3.8, 4) is 0 Å². The number of carbonyl (C=O) groups is 4. The smallest absolute Gasteiger partial charge is 0.303 e. The van der Waals surface area contributed by atoms with Gasteiger partial charge in [0, 0.05) is 27.7 Å². The molecule has 2 aliphatic heterocycles. The van der Waals surface area contributed by atoms with Crippen LogP contribution < -0.4 is 0 Å². The van der Waals surface area contributed by atoms with Crippen LogP contribution in [0.2, 0.25) is 0 Å². The predicted molar refractivity (Wildman–Crippen MR) is 159 cm³/mol. The maximum absolute atomic E-state index is 12.3. The van der Waals surface area contributed by atoms with Gasteiger partial charge in [-0.2, -0.15) is 0 Å². The molecular formula is C33H40O14. The summed E-state index contributed by atoms with van der Waals surface area (Å²) in [6.45, 7) is 4.22. The number of benzene rings is 2. The number of hydrogen-bond acceptors (Lipinski definition) is 14. The highest BCUT2D eigenvalue weighted by Crippen LogP contribution is 2.33. The van der Waals surface area contributed by atoms with Crippen LogP contribution in [0.4, 0.5) is 0 Å². The van der Waals surface area contributed by atoms with Crippen molar-refractivity contribution in [2.75, 3.05) is 13.2 Å². The van der Waals surface area contributed by atoms with Crippen LogP contribution in [0.15, 0.2) is 60.7 Å². The molecule has 2 saturated heterocycles. The maximum atomic E-state index is 12.3. The summed E-state index contributed by atoms with van der Waals surface area (Å²) in [7, 11) is 0. The van der Waals surface area contributed by atoms with E-state index in [-0.39, 0.29) is 19.8 Å². The number of aliphatic hydroxyl groups excluding tert-OH is 1. The first-order valence-electron chi connectivity index (χ1n) is 15.1. The Kier molecular flexibility index (Phi) is 13.2. The molecule has 0 unspecified atom stereocenters. The van der Waals surface area contributed by atoms with Crippen molar-refractivity contribution in [2.24, 2.45) is 0 Å². The van der Waals surface area contributed by atoms with Crippen molar-refractivity contribution >= 4 is 23.9 Å². The molecular weight excluding hydrogens is 620 g/mol. The van der Waals surface area contributed by atoms with Crippen LogP contribution in [0, 0.1) is 0 Å². The molecule has 1 N–H and O–H groups in total. The van der Waals surface area contributed by atoms with Gasteiger partial charge in [-0.15, -0.1) is 0 Å². The molecule has 4 rings (SSSR count). The zero-order valence-electron chi connectivity index (χ0n) is 26.6. The Morgan fingerprint density at radius 3 is 1.77 bits per heavy atom. The molecule has 2 heterocycles.